The first kappa shape index (κ1) is 15.8. The summed E-state index contributed by atoms with van der Waals surface area (Å²) in [6.45, 7) is 8.83. The van der Waals surface area contributed by atoms with Gasteiger partial charge in [-0.15, -0.1) is 0 Å². The lowest BCUT2D eigenvalue weighted by Crippen LogP contribution is -2.54. The van der Waals surface area contributed by atoms with Gasteiger partial charge in [-0.2, -0.15) is 0 Å². The summed E-state index contributed by atoms with van der Waals surface area (Å²) < 4.78 is 14.3. The minimum Gasteiger partial charge on any atom is -0.356 e. The normalized spacial score (nSPS) is 19.0. The lowest BCUT2D eigenvalue weighted by molar-refractivity contribution is -0.122. The quantitative estimate of drug-likeness (QED) is 0.871. The Balaban J connectivity index is 2.06. The van der Waals surface area contributed by atoms with Crippen LogP contribution in [0.3, 0.4) is 0 Å². The van der Waals surface area contributed by atoms with Crippen LogP contribution in [0, 0.1) is 11.7 Å². The Bertz CT molecular complexity index is 504. The van der Waals surface area contributed by atoms with Gasteiger partial charge in [0.1, 0.15) is 11.9 Å². The van der Waals surface area contributed by atoms with Gasteiger partial charge < -0.3 is 15.5 Å². The standard InChI is InChI=1S/C16H24FN3O/c1-11(2)9-18-10-13-4-5-15(14(17)8-13)20-7-6-19-16(21)12(20)3/h4-5,8,11-12,18H,6-7,9-10H2,1-3H3,(H,19,21). The Kier molecular flexibility index (Phi) is 5.17. The van der Waals surface area contributed by atoms with Crippen LogP contribution in [0.1, 0.15) is 26.3 Å². The van der Waals surface area contributed by atoms with Crippen LogP contribution in [0.5, 0.6) is 0 Å². The number of halogens is 1. The zero-order valence-corrected chi connectivity index (χ0v) is 12.9. The molecule has 0 saturated carbocycles. The van der Waals surface area contributed by atoms with Crippen LogP contribution >= 0.6 is 0 Å². The van der Waals surface area contributed by atoms with E-state index < -0.39 is 0 Å². The highest BCUT2D eigenvalue weighted by atomic mass is 19.1. The molecule has 1 fully saturated rings. The molecular formula is C16H24FN3O. The third kappa shape index (κ3) is 3.94. The average Bonchev–Trinajstić information content (AvgIpc) is 2.42. The van der Waals surface area contributed by atoms with Gasteiger partial charge in [0.15, 0.2) is 0 Å². The second-order valence-corrected chi connectivity index (χ2v) is 5.97. The van der Waals surface area contributed by atoms with E-state index in [1.165, 1.54) is 0 Å². The molecule has 1 aliphatic rings. The molecule has 1 amide bonds. The maximum absolute atomic E-state index is 14.3. The second kappa shape index (κ2) is 6.89. The maximum Gasteiger partial charge on any atom is 0.242 e. The zero-order valence-electron chi connectivity index (χ0n) is 12.9. The first-order chi connectivity index (χ1) is 9.99. The number of nitrogens with one attached hydrogen (secondary N) is 2. The summed E-state index contributed by atoms with van der Waals surface area (Å²) in [6.07, 6.45) is 0. The molecule has 0 bridgehead atoms. The molecule has 1 saturated heterocycles. The number of carbonyl (C=O) groups excluding carboxylic acids is 1. The first-order valence-corrected chi connectivity index (χ1v) is 7.52. The van der Waals surface area contributed by atoms with E-state index in [-0.39, 0.29) is 17.8 Å². The molecule has 0 spiro atoms. The average molecular weight is 293 g/mol. The van der Waals surface area contributed by atoms with Gasteiger partial charge in [0.2, 0.25) is 5.91 Å². The molecule has 1 atom stereocenters. The summed E-state index contributed by atoms with van der Waals surface area (Å²) in [5.74, 6) is 0.255. The van der Waals surface area contributed by atoms with Crippen molar-refractivity contribution in [3.05, 3.63) is 29.6 Å². The first-order valence-electron chi connectivity index (χ1n) is 7.52. The number of rotatable bonds is 5. The zero-order chi connectivity index (χ0) is 15.4. The molecule has 1 aliphatic heterocycles. The fourth-order valence-corrected chi connectivity index (χ4v) is 2.51. The number of nitrogens with zero attached hydrogens (tertiary/aromatic N) is 1. The topological polar surface area (TPSA) is 44.4 Å². The van der Waals surface area contributed by atoms with Crippen molar-refractivity contribution in [3.63, 3.8) is 0 Å². The summed E-state index contributed by atoms with van der Waals surface area (Å²) in [5, 5.41) is 6.09. The minimum atomic E-state index is -0.335. The summed E-state index contributed by atoms with van der Waals surface area (Å²) in [7, 11) is 0. The van der Waals surface area contributed by atoms with Crippen LogP contribution in [-0.4, -0.2) is 31.6 Å². The number of benzene rings is 1. The van der Waals surface area contributed by atoms with E-state index in [0.29, 0.717) is 31.2 Å². The molecule has 5 heteroatoms. The van der Waals surface area contributed by atoms with E-state index in [1.54, 1.807) is 19.1 Å². The molecule has 0 aromatic heterocycles. The van der Waals surface area contributed by atoms with Gasteiger partial charge in [0.25, 0.3) is 0 Å². The van der Waals surface area contributed by atoms with Crippen LogP contribution in [0.4, 0.5) is 10.1 Å². The van der Waals surface area contributed by atoms with Crippen molar-refractivity contribution < 1.29 is 9.18 Å². The summed E-state index contributed by atoms with van der Waals surface area (Å²) in [5.41, 5.74) is 1.43. The van der Waals surface area contributed by atoms with Gasteiger partial charge in [0.05, 0.1) is 5.69 Å². The molecule has 1 aromatic carbocycles. The molecule has 1 aromatic rings. The van der Waals surface area contributed by atoms with Gasteiger partial charge in [0, 0.05) is 19.6 Å². The highest BCUT2D eigenvalue weighted by Gasteiger charge is 2.27. The second-order valence-electron chi connectivity index (χ2n) is 5.97. The van der Waals surface area contributed by atoms with Gasteiger partial charge >= 0.3 is 0 Å². The van der Waals surface area contributed by atoms with E-state index in [0.717, 1.165) is 12.1 Å². The van der Waals surface area contributed by atoms with E-state index in [1.807, 2.05) is 11.0 Å². The van der Waals surface area contributed by atoms with E-state index in [9.17, 15) is 9.18 Å². The molecule has 2 N–H and O–H groups in total. The fraction of sp³-hybridized carbons (Fsp3) is 0.562. The lowest BCUT2D eigenvalue weighted by atomic mass is 10.1. The Labute approximate surface area is 125 Å². The summed E-state index contributed by atoms with van der Waals surface area (Å²) >= 11 is 0. The van der Waals surface area contributed by atoms with Crippen LogP contribution in [0.25, 0.3) is 0 Å². The number of hydrogen-bond acceptors (Lipinski definition) is 3. The molecule has 0 aliphatic carbocycles. The van der Waals surface area contributed by atoms with Crippen LogP contribution in [0.2, 0.25) is 0 Å². The maximum atomic E-state index is 14.3. The summed E-state index contributed by atoms with van der Waals surface area (Å²) in [6, 6.07) is 4.92. The number of amides is 1. The predicted octanol–water partition coefficient (Wildman–Crippen LogP) is 1.90. The van der Waals surface area contributed by atoms with Crippen molar-refractivity contribution in [1.82, 2.24) is 10.6 Å². The predicted molar refractivity (Wildman–Crippen MR) is 82.8 cm³/mol. The van der Waals surface area contributed by atoms with Crippen LogP contribution in [-0.2, 0) is 11.3 Å². The molecule has 1 heterocycles. The smallest absolute Gasteiger partial charge is 0.242 e. The molecular weight excluding hydrogens is 269 g/mol. The molecule has 2 rings (SSSR count). The molecule has 1 unspecified atom stereocenters. The van der Waals surface area contributed by atoms with E-state index in [4.69, 9.17) is 0 Å². The number of piperazine rings is 1. The highest BCUT2D eigenvalue weighted by molar-refractivity contribution is 5.86. The molecule has 21 heavy (non-hydrogen) atoms. The fourth-order valence-electron chi connectivity index (χ4n) is 2.51. The monoisotopic (exact) mass is 293 g/mol. The molecule has 0 radical (unpaired) electrons. The van der Waals surface area contributed by atoms with Crippen LogP contribution < -0.4 is 15.5 Å². The Morgan fingerprint density at radius 3 is 2.90 bits per heavy atom. The minimum absolute atomic E-state index is 0.0525. The third-order valence-corrected chi connectivity index (χ3v) is 3.70. The van der Waals surface area contributed by atoms with Crippen molar-refractivity contribution in [1.29, 1.82) is 0 Å². The van der Waals surface area contributed by atoms with Crippen molar-refractivity contribution in [3.8, 4) is 0 Å². The van der Waals surface area contributed by atoms with Gasteiger partial charge in [-0.25, -0.2) is 4.39 Å². The molecule has 116 valence electrons. The Morgan fingerprint density at radius 1 is 1.48 bits per heavy atom. The Morgan fingerprint density at radius 2 is 2.24 bits per heavy atom. The summed E-state index contributed by atoms with van der Waals surface area (Å²) in [4.78, 5) is 13.5. The van der Waals surface area contributed by atoms with Crippen molar-refractivity contribution in [2.45, 2.75) is 33.4 Å². The van der Waals surface area contributed by atoms with Crippen molar-refractivity contribution >= 4 is 11.6 Å². The third-order valence-electron chi connectivity index (χ3n) is 3.70. The highest BCUT2D eigenvalue weighted by Crippen LogP contribution is 2.23. The number of carbonyl (C=O) groups is 1. The SMILES string of the molecule is CC(C)CNCc1ccc(N2CCNC(=O)C2C)c(F)c1. The Hall–Kier alpha value is -1.62. The van der Waals surface area contributed by atoms with Crippen molar-refractivity contribution in [2.75, 3.05) is 24.5 Å². The largest absolute Gasteiger partial charge is 0.356 e. The number of hydrogen-bond donors (Lipinski definition) is 2. The van der Waals surface area contributed by atoms with Gasteiger partial charge in [-0.3, -0.25) is 4.79 Å². The van der Waals surface area contributed by atoms with Gasteiger partial charge in [-0.1, -0.05) is 19.9 Å². The lowest BCUT2D eigenvalue weighted by Gasteiger charge is -2.34. The van der Waals surface area contributed by atoms with E-state index >= 15 is 0 Å². The molecule has 4 nitrogen and oxygen atoms in total. The van der Waals surface area contributed by atoms with Gasteiger partial charge in [-0.05, 0) is 37.1 Å². The number of anilines is 1. The van der Waals surface area contributed by atoms with Crippen molar-refractivity contribution in [2.24, 2.45) is 5.92 Å². The van der Waals surface area contributed by atoms with Crippen LogP contribution in [0.15, 0.2) is 18.2 Å². The van der Waals surface area contributed by atoms with E-state index in [2.05, 4.69) is 24.5 Å².